The number of aromatic nitrogens is 4. The van der Waals surface area contributed by atoms with Crippen molar-refractivity contribution < 1.29 is 27.2 Å². The number of anilines is 1. The fourth-order valence-corrected chi connectivity index (χ4v) is 4.81. The minimum Gasteiger partial charge on any atom is -0.450 e. The topological polar surface area (TPSA) is 153 Å². The van der Waals surface area contributed by atoms with Gasteiger partial charge < -0.3 is 14.1 Å². The van der Waals surface area contributed by atoms with Gasteiger partial charge in [0.1, 0.15) is 5.69 Å². The highest BCUT2D eigenvalue weighted by Crippen LogP contribution is 2.21. The maximum absolute atomic E-state index is 13.0. The predicted octanol–water partition coefficient (Wildman–Crippen LogP) is 1.19. The number of sulfonamides is 1. The summed E-state index contributed by atoms with van der Waals surface area (Å²) in [6.45, 7) is 2.76. The third kappa shape index (κ3) is 4.77. The van der Waals surface area contributed by atoms with Gasteiger partial charge in [0, 0.05) is 45.0 Å². The number of benzene rings is 1. The number of ether oxygens (including phenoxy) is 1. The second-order valence-electron chi connectivity index (χ2n) is 7.32. The van der Waals surface area contributed by atoms with Crippen LogP contribution in [0.5, 0.6) is 0 Å². The van der Waals surface area contributed by atoms with E-state index in [1.54, 1.807) is 30.9 Å². The molecule has 4 rings (SSSR count). The molecule has 1 aromatic carbocycles. The number of carbonyl (C=O) groups excluding carboxylic acids is 2. The number of piperazine rings is 1. The number of amides is 2. The lowest BCUT2D eigenvalue weighted by molar-refractivity contribution is 0.0933. The monoisotopic (exact) mass is 489 g/mol. The van der Waals surface area contributed by atoms with E-state index in [2.05, 4.69) is 20.6 Å². The summed E-state index contributed by atoms with van der Waals surface area (Å²) >= 11 is 0. The van der Waals surface area contributed by atoms with Crippen molar-refractivity contribution >= 4 is 28.0 Å². The standard InChI is InChI=1S/C20H23N7O6S/c1-3-32-20(29)26-10-12-27(13-11-26)34(30,31)15-6-4-14(5-7-15)17(28)22-19-24-23-18(33-19)16-8-9-21-25(16)2/h4-9H,3,10-13H2,1-2H3,(H,22,24,28). The van der Waals surface area contributed by atoms with Gasteiger partial charge >= 0.3 is 12.1 Å². The zero-order valence-electron chi connectivity index (χ0n) is 18.5. The van der Waals surface area contributed by atoms with Crippen LogP contribution in [0.4, 0.5) is 10.8 Å². The Kier molecular flexibility index (Phi) is 6.61. The van der Waals surface area contributed by atoms with E-state index >= 15 is 0 Å². The lowest BCUT2D eigenvalue weighted by Crippen LogP contribution is -2.50. The molecule has 1 fully saturated rings. The van der Waals surface area contributed by atoms with Crippen LogP contribution in [0.2, 0.25) is 0 Å². The van der Waals surface area contributed by atoms with Crippen molar-refractivity contribution in [1.82, 2.24) is 29.2 Å². The summed E-state index contributed by atoms with van der Waals surface area (Å²) in [5, 5.41) is 14.2. The summed E-state index contributed by atoms with van der Waals surface area (Å²) in [7, 11) is -2.06. The fraction of sp³-hybridized carbons (Fsp3) is 0.350. The van der Waals surface area contributed by atoms with Gasteiger partial charge in [-0.2, -0.15) is 9.40 Å². The highest BCUT2D eigenvalue weighted by Gasteiger charge is 2.30. The molecule has 14 heteroatoms. The first kappa shape index (κ1) is 23.4. The molecule has 0 radical (unpaired) electrons. The number of aryl methyl sites for hydroxylation is 1. The Morgan fingerprint density at radius 2 is 1.79 bits per heavy atom. The molecule has 0 spiro atoms. The molecular weight excluding hydrogens is 466 g/mol. The normalized spacial score (nSPS) is 14.7. The van der Waals surface area contributed by atoms with Crippen LogP contribution in [0.1, 0.15) is 17.3 Å². The van der Waals surface area contributed by atoms with Crippen molar-refractivity contribution in [3.63, 3.8) is 0 Å². The van der Waals surface area contributed by atoms with Crippen LogP contribution in [0, 0.1) is 0 Å². The zero-order chi connectivity index (χ0) is 24.3. The first-order valence-electron chi connectivity index (χ1n) is 10.4. The summed E-state index contributed by atoms with van der Waals surface area (Å²) in [6.07, 6.45) is 1.12. The number of rotatable bonds is 6. The summed E-state index contributed by atoms with van der Waals surface area (Å²) in [5.41, 5.74) is 0.803. The van der Waals surface area contributed by atoms with Gasteiger partial charge in [-0.15, -0.1) is 5.10 Å². The van der Waals surface area contributed by atoms with Crippen LogP contribution in [0.25, 0.3) is 11.6 Å². The molecule has 0 atom stereocenters. The van der Waals surface area contributed by atoms with E-state index in [1.165, 1.54) is 33.5 Å². The van der Waals surface area contributed by atoms with Gasteiger partial charge in [-0.25, -0.2) is 13.2 Å². The van der Waals surface area contributed by atoms with E-state index in [0.717, 1.165) is 0 Å². The maximum atomic E-state index is 13.0. The van der Waals surface area contributed by atoms with Gasteiger partial charge in [0.2, 0.25) is 10.0 Å². The van der Waals surface area contributed by atoms with E-state index < -0.39 is 22.0 Å². The minimum atomic E-state index is -3.78. The minimum absolute atomic E-state index is 0.0462. The molecular formula is C20H23N7O6S. The van der Waals surface area contributed by atoms with E-state index in [9.17, 15) is 18.0 Å². The molecule has 1 aliphatic heterocycles. The zero-order valence-corrected chi connectivity index (χ0v) is 19.4. The van der Waals surface area contributed by atoms with Gasteiger partial charge in [-0.05, 0) is 37.3 Å². The quantitative estimate of drug-likeness (QED) is 0.538. The molecule has 1 saturated heterocycles. The highest BCUT2D eigenvalue weighted by atomic mass is 32.2. The lowest BCUT2D eigenvalue weighted by Gasteiger charge is -2.33. The van der Waals surface area contributed by atoms with Crippen molar-refractivity contribution in [3.8, 4) is 11.6 Å². The Hall–Kier alpha value is -3.78. The lowest BCUT2D eigenvalue weighted by atomic mass is 10.2. The van der Waals surface area contributed by atoms with Crippen LogP contribution >= 0.6 is 0 Å². The van der Waals surface area contributed by atoms with Crippen LogP contribution in [-0.2, 0) is 21.8 Å². The molecule has 3 aromatic rings. The number of carbonyl (C=O) groups is 2. The smallest absolute Gasteiger partial charge is 0.409 e. The van der Waals surface area contributed by atoms with Crippen LogP contribution < -0.4 is 5.32 Å². The van der Waals surface area contributed by atoms with E-state index in [1.807, 2.05) is 0 Å². The number of nitrogens with one attached hydrogen (secondary N) is 1. The Morgan fingerprint density at radius 3 is 2.41 bits per heavy atom. The molecule has 0 unspecified atom stereocenters. The summed E-state index contributed by atoms with van der Waals surface area (Å²) in [4.78, 5) is 25.9. The Labute approximate surface area is 195 Å². The molecule has 180 valence electrons. The van der Waals surface area contributed by atoms with Crippen molar-refractivity contribution in [2.75, 3.05) is 38.1 Å². The SMILES string of the molecule is CCOC(=O)N1CCN(S(=O)(=O)c2ccc(C(=O)Nc3nnc(-c4ccnn4C)o3)cc2)CC1. The second kappa shape index (κ2) is 9.61. The Morgan fingerprint density at radius 1 is 1.09 bits per heavy atom. The molecule has 0 bridgehead atoms. The van der Waals surface area contributed by atoms with Gasteiger partial charge in [0.05, 0.1) is 11.5 Å². The molecule has 34 heavy (non-hydrogen) atoms. The summed E-state index contributed by atoms with van der Waals surface area (Å²) in [6, 6.07) is 7.10. The molecule has 1 aliphatic rings. The highest BCUT2D eigenvalue weighted by molar-refractivity contribution is 7.89. The van der Waals surface area contributed by atoms with E-state index in [0.29, 0.717) is 5.69 Å². The van der Waals surface area contributed by atoms with E-state index in [-0.39, 0.29) is 55.2 Å². The molecule has 2 amide bonds. The summed E-state index contributed by atoms with van der Waals surface area (Å²) in [5.74, 6) is -0.341. The predicted molar refractivity (Wildman–Crippen MR) is 118 cm³/mol. The Bertz CT molecular complexity index is 1280. The Balaban J connectivity index is 1.39. The third-order valence-corrected chi connectivity index (χ3v) is 7.12. The molecule has 0 aliphatic carbocycles. The average Bonchev–Trinajstić information content (AvgIpc) is 3.48. The maximum Gasteiger partial charge on any atom is 0.409 e. The molecule has 3 heterocycles. The molecule has 13 nitrogen and oxygen atoms in total. The molecule has 2 aromatic heterocycles. The molecule has 1 N–H and O–H groups in total. The molecule has 0 saturated carbocycles. The second-order valence-corrected chi connectivity index (χ2v) is 9.26. The van der Waals surface area contributed by atoms with Crippen molar-refractivity contribution in [3.05, 3.63) is 42.1 Å². The van der Waals surface area contributed by atoms with Crippen LogP contribution in [-0.4, -0.2) is 82.4 Å². The fourth-order valence-electron chi connectivity index (χ4n) is 3.38. The largest absolute Gasteiger partial charge is 0.450 e. The third-order valence-electron chi connectivity index (χ3n) is 5.20. The first-order valence-corrected chi connectivity index (χ1v) is 11.9. The van der Waals surface area contributed by atoms with Crippen molar-refractivity contribution in [2.24, 2.45) is 7.05 Å². The number of hydrogen-bond donors (Lipinski definition) is 1. The van der Waals surface area contributed by atoms with Crippen molar-refractivity contribution in [2.45, 2.75) is 11.8 Å². The number of nitrogens with zero attached hydrogens (tertiary/aromatic N) is 6. The van der Waals surface area contributed by atoms with Gasteiger partial charge in [-0.1, -0.05) is 5.10 Å². The van der Waals surface area contributed by atoms with Gasteiger partial charge in [0.25, 0.3) is 11.8 Å². The first-order chi connectivity index (χ1) is 16.3. The van der Waals surface area contributed by atoms with Crippen LogP contribution in [0.15, 0.2) is 45.8 Å². The number of hydrogen-bond acceptors (Lipinski definition) is 9. The van der Waals surface area contributed by atoms with Crippen molar-refractivity contribution in [1.29, 1.82) is 0 Å². The van der Waals surface area contributed by atoms with E-state index in [4.69, 9.17) is 9.15 Å². The average molecular weight is 490 g/mol. The van der Waals surface area contributed by atoms with Gasteiger partial charge in [0.15, 0.2) is 0 Å². The summed E-state index contributed by atoms with van der Waals surface area (Å²) < 4.78 is 39.2. The van der Waals surface area contributed by atoms with Crippen LogP contribution in [0.3, 0.4) is 0 Å². The van der Waals surface area contributed by atoms with Gasteiger partial charge in [-0.3, -0.25) is 14.8 Å².